The van der Waals surface area contributed by atoms with E-state index < -0.39 is 0 Å². The highest BCUT2D eigenvalue weighted by atomic mass is 32.2. The van der Waals surface area contributed by atoms with Crippen molar-refractivity contribution in [1.82, 2.24) is 9.97 Å². The first kappa shape index (κ1) is 10.5. The molecular weight excluding hydrogens is 184 g/mol. The molecule has 0 fully saturated rings. The molecule has 3 nitrogen and oxygen atoms in total. The molecule has 1 heterocycles. The van der Waals surface area contributed by atoms with E-state index in [4.69, 9.17) is 0 Å². The zero-order chi connectivity index (χ0) is 9.36. The first-order chi connectivity index (χ1) is 6.43. The van der Waals surface area contributed by atoms with E-state index in [0.717, 1.165) is 30.2 Å². The van der Waals surface area contributed by atoms with Gasteiger partial charge in [-0.25, -0.2) is 15.1 Å². The van der Waals surface area contributed by atoms with Crippen LogP contribution in [0, 0.1) is 0 Å². The second-order valence-corrected chi connectivity index (χ2v) is 3.71. The maximum absolute atomic E-state index is 10.1. The third kappa shape index (κ3) is 4.85. The SMILES string of the molecule is [O]CCCCCSc1ncccn1. The second-order valence-electron chi connectivity index (χ2n) is 2.64. The molecule has 13 heavy (non-hydrogen) atoms. The van der Waals surface area contributed by atoms with Crippen molar-refractivity contribution in [3.63, 3.8) is 0 Å². The predicted octanol–water partition coefficient (Wildman–Crippen LogP) is 2.17. The summed E-state index contributed by atoms with van der Waals surface area (Å²) in [7, 11) is 0. The molecule has 4 heteroatoms. The van der Waals surface area contributed by atoms with Crippen molar-refractivity contribution in [2.24, 2.45) is 0 Å². The Kier molecular flexibility index (Phi) is 5.52. The third-order valence-electron chi connectivity index (χ3n) is 1.56. The molecule has 0 aliphatic carbocycles. The molecular formula is C9H13N2OS. The number of aromatic nitrogens is 2. The summed E-state index contributed by atoms with van der Waals surface area (Å²) in [6.07, 6.45) is 6.37. The Morgan fingerprint density at radius 1 is 1.15 bits per heavy atom. The highest BCUT2D eigenvalue weighted by Crippen LogP contribution is 2.13. The Hall–Kier alpha value is -0.610. The maximum Gasteiger partial charge on any atom is 0.187 e. The van der Waals surface area contributed by atoms with Crippen LogP contribution in [-0.4, -0.2) is 22.3 Å². The molecule has 1 aromatic rings. The molecule has 0 saturated carbocycles. The van der Waals surface area contributed by atoms with Gasteiger partial charge in [-0.1, -0.05) is 18.2 Å². The number of unbranched alkanes of at least 4 members (excludes halogenated alkanes) is 2. The third-order valence-corrected chi connectivity index (χ3v) is 2.52. The van der Waals surface area contributed by atoms with Crippen LogP contribution in [0.2, 0.25) is 0 Å². The molecule has 0 N–H and O–H groups in total. The molecule has 0 unspecified atom stereocenters. The van der Waals surface area contributed by atoms with Crippen molar-refractivity contribution in [3.05, 3.63) is 18.5 Å². The molecule has 0 aromatic carbocycles. The van der Waals surface area contributed by atoms with Crippen LogP contribution in [0.25, 0.3) is 0 Å². The van der Waals surface area contributed by atoms with Crippen molar-refractivity contribution in [1.29, 1.82) is 0 Å². The van der Waals surface area contributed by atoms with Crippen molar-refractivity contribution in [2.75, 3.05) is 12.4 Å². The van der Waals surface area contributed by atoms with Gasteiger partial charge in [0.2, 0.25) is 0 Å². The Morgan fingerprint density at radius 3 is 2.62 bits per heavy atom. The van der Waals surface area contributed by atoms with Crippen LogP contribution < -0.4 is 0 Å². The van der Waals surface area contributed by atoms with Gasteiger partial charge in [0.1, 0.15) is 0 Å². The van der Waals surface area contributed by atoms with Crippen molar-refractivity contribution in [3.8, 4) is 0 Å². The van der Waals surface area contributed by atoms with Crippen LogP contribution in [-0.2, 0) is 5.11 Å². The summed E-state index contributed by atoms with van der Waals surface area (Å²) in [5, 5.41) is 11.0. The summed E-state index contributed by atoms with van der Waals surface area (Å²) in [6.45, 7) is 0.0481. The summed E-state index contributed by atoms with van der Waals surface area (Å²) in [4.78, 5) is 8.17. The number of thioether (sulfide) groups is 1. The van der Waals surface area contributed by atoms with Gasteiger partial charge in [0.05, 0.1) is 6.61 Å². The Bertz CT molecular complexity index is 218. The molecule has 0 amide bonds. The normalized spacial score (nSPS) is 10.2. The van der Waals surface area contributed by atoms with Gasteiger partial charge in [-0.3, -0.25) is 0 Å². The number of nitrogens with zero attached hydrogens (tertiary/aromatic N) is 2. The van der Waals surface area contributed by atoms with E-state index in [9.17, 15) is 5.11 Å². The van der Waals surface area contributed by atoms with Crippen LogP contribution in [0.4, 0.5) is 0 Å². The standard InChI is InChI=1S/C9H13N2OS/c12-7-2-1-3-8-13-9-10-5-4-6-11-9/h4-6H,1-3,7-8H2. The number of hydrogen-bond donors (Lipinski definition) is 0. The first-order valence-corrected chi connectivity index (χ1v) is 5.40. The molecule has 0 aliphatic heterocycles. The molecule has 1 aromatic heterocycles. The minimum atomic E-state index is 0.0481. The zero-order valence-electron chi connectivity index (χ0n) is 7.48. The van der Waals surface area contributed by atoms with Gasteiger partial charge >= 0.3 is 0 Å². The van der Waals surface area contributed by atoms with Gasteiger partial charge in [0.25, 0.3) is 0 Å². The van der Waals surface area contributed by atoms with E-state index in [0.29, 0.717) is 0 Å². The van der Waals surface area contributed by atoms with E-state index >= 15 is 0 Å². The predicted molar refractivity (Wildman–Crippen MR) is 52.2 cm³/mol. The monoisotopic (exact) mass is 197 g/mol. The molecule has 0 spiro atoms. The Balaban J connectivity index is 2.07. The largest absolute Gasteiger partial charge is 0.237 e. The van der Waals surface area contributed by atoms with Gasteiger partial charge in [-0.15, -0.1) is 0 Å². The smallest absolute Gasteiger partial charge is 0.187 e. The fourth-order valence-electron chi connectivity index (χ4n) is 0.904. The Labute approximate surface area is 82.6 Å². The zero-order valence-corrected chi connectivity index (χ0v) is 8.30. The molecule has 0 atom stereocenters. The lowest BCUT2D eigenvalue weighted by Gasteiger charge is -1.97. The van der Waals surface area contributed by atoms with E-state index in [1.54, 1.807) is 24.2 Å². The van der Waals surface area contributed by atoms with Crippen molar-refractivity contribution >= 4 is 11.8 Å². The van der Waals surface area contributed by atoms with Crippen molar-refractivity contribution in [2.45, 2.75) is 24.4 Å². The van der Waals surface area contributed by atoms with Crippen LogP contribution in [0.3, 0.4) is 0 Å². The molecule has 71 valence electrons. The van der Waals surface area contributed by atoms with Gasteiger partial charge in [0, 0.05) is 18.1 Å². The summed E-state index contributed by atoms with van der Waals surface area (Å²) in [5.74, 6) is 1.00. The highest BCUT2D eigenvalue weighted by molar-refractivity contribution is 7.99. The van der Waals surface area contributed by atoms with Gasteiger partial charge < -0.3 is 0 Å². The van der Waals surface area contributed by atoms with E-state index in [1.807, 2.05) is 6.07 Å². The lowest BCUT2D eigenvalue weighted by atomic mass is 10.3. The van der Waals surface area contributed by atoms with Crippen LogP contribution in [0.15, 0.2) is 23.6 Å². The van der Waals surface area contributed by atoms with Gasteiger partial charge in [-0.2, -0.15) is 0 Å². The molecule has 0 bridgehead atoms. The molecule has 1 radical (unpaired) electrons. The van der Waals surface area contributed by atoms with Crippen LogP contribution in [0.5, 0.6) is 0 Å². The summed E-state index contributed by atoms with van der Waals surface area (Å²) in [6, 6.07) is 1.81. The average molecular weight is 197 g/mol. The molecule has 0 saturated heterocycles. The number of rotatable bonds is 6. The summed E-state index contributed by atoms with van der Waals surface area (Å²) < 4.78 is 0. The van der Waals surface area contributed by atoms with Crippen LogP contribution >= 0.6 is 11.8 Å². The summed E-state index contributed by atoms with van der Waals surface area (Å²) in [5.41, 5.74) is 0. The maximum atomic E-state index is 10.1. The lowest BCUT2D eigenvalue weighted by molar-refractivity contribution is 0.186. The molecule has 0 aliphatic rings. The minimum absolute atomic E-state index is 0.0481. The van der Waals surface area contributed by atoms with Gasteiger partial charge in [-0.05, 0) is 18.9 Å². The Morgan fingerprint density at radius 2 is 1.92 bits per heavy atom. The average Bonchev–Trinajstić information content (AvgIpc) is 2.19. The second kappa shape index (κ2) is 6.86. The topological polar surface area (TPSA) is 45.7 Å². The fourth-order valence-corrected chi connectivity index (χ4v) is 1.71. The van der Waals surface area contributed by atoms with Crippen LogP contribution in [0.1, 0.15) is 19.3 Å². The quantitative estimate of drug-likeness (QED) is 0.399. The molecule has 1 rings (SSSR count). The van der Waals surface area contributed by atoms with Crippen molar-refractivity contribution < 1.29 is 5.11 Å². The van der Waals surface area contributed by atoms with Gasteiger partial charge in [0.15, 0.2) is 5.16 Å². The highest BCUT2D eigenvalue weighted by Gasteiger charge is 1.94. The number of hydrogen-bond acceptors (Lipinski definition) is 3. The van der Waals surface area contributed by atoms with E-state index in [2.05, 4.69) is 9.97 Å². The lowest BCUT2D eigenvalue weighted by Crippen LogP contribution is -1.87. The fraction of sp³-hybridized carbons (Fsp3) is 0.556. The van der Waals surface area contributed by atoms with E-state index in [-0.39, 0.29) is 6.61 Å². The van der Waals surface area contributed by atoms with E-state index in [1.165, 1.54) is 0 Å². The summed E-state index contributed by atoms with van der Waals surface area (Å²) >= 11 is 1.65. The first-order valence-electron chi connectivity index (χ1n) is 4.41. The minimum Gasteiger partial charge on any atom is -0.237 e.